The van der Waals surface area contributed by atoms with Crippen molar-refractivity contribution >= 4 is 5.69 Å². The molecule has 0 aromatic heterocycles. The van der Waals surface area contributed by atoms with E-state index in [2.05, 4.69) is 18.3 Å². The lowest BCUT2D eigenvalue weighted by Crippen LogP contribution is -2.39. The molecule has 17 heavy (non-hydrogen) atoms. The van der Waals surface area contributed by atoms with E-state index in [9.17, 15) is 5.11 Å². The first kappa shape index (κ1) is 14.0. The van der Waals surface area contributed by atoms with Crippen molar-refractivity contribution in [3.8, 4) is 0 Å². The Hall–Kier alpha value is -1.06. The third-order valence-electron chi connectivity index (χ3n) is 3.24. The first-order valence-electron chi connectivity index (χ1n) is 6.40. The molecule has 0 amide bonds. The first-order chi connectivity index (χ1) is 8.15. The Bertz CT molecular complexity index is 354. The van der Waals surface area contributed by atoms with Crippen LogP contribution in [0.5, 0.6) is 0 Å². The van der Waals surface area contributed by atoms with Gasteiger partial charge in [0.15, 0.2) is 0 Å². The summed E-state index contributed by atoms with van der Waals surface area (Å²) in [7, 11) is 0. The number of fused-ring (bicyclic) bond motifs is 1. The highest BCUT2D eigenvalue weighted by Gasteiger charge is 2.34. The van der Waals surface area contributed by atoms with Crippen molar-refractivity contribution in [2.24, 2.45) is 5.73 Å². The minimum absolute atomic E-state index is 0.00396. The number of anilines is 1. The minimum atomic E-state index is -0.462. The number of nitrogens with two attached hydrogens (primary N) is 1. The van der Waals surface area contributed by atoms with Gasteiger partial charge in [0, 0.05) is 12.1 Å². The first-order valence-corrected chi connectivity index (χ1v) is 6.40. The van der Waals surface area contributed by atoms with Crippen molar-refractivity contribution in [3.63, 3.8) is 0 Å². The van der Waals surface area contributed by atoms with Gasteiger partial charge in [-0.25, -0.2) is 0 Å². The average molecular weight is 236 g/mol. The molecule has 1 aromatic rings. The molecule has 2 unspecified atom stereocenters. The summed E-state index contributed by atoms with van der Waals surface area (Å²) in [4.78, 5) is 0. The van der Waals surface area contributed by atoms with Gasteiger partial charge in [-0.1, -0.05) is 39.0 Å². The van der Waals surface area contributed by atoms with Gasteiger partial charge in [0.05, 0.1) is 0 Å². The molecule has 0 radical (unpaired) electrons. The second kappa shape index (κ2) is 6.03. The summed E-state index contributed by atoms with van der Waals surface area (Å²) in [5.74, 6) is 0. The fourth-order valence-electron chi connectivity index (χ4n) is 2.46. The van der Waals surface area contributed by atoms with Gasteiger partial charge in [0.25, 0.3) is 0 Å². The number of aliphatic hydroxyl groups excluding tert-OH is 1. The van der Waals surface area contributed by atoms with Crippen LogP contribution >= 0.6 is 0 Å². The monoisotopic (exact) mass is 236 g/mol. The fraction of sp³-hybridized carbons (Fsp3) is 0.571. The van der Waals surface area contributed by atoms with E-state index in [-0.39, 0.29) is 5.41 Å². The van der Waals surface area contributed by atoms with Gasteiger partial charge in [-0.2, -0.15) is 0 Å². The molecule has 1 aliphatic heterocycles. The van der Waals surface area contributed by atoms with E-state index in [0.29, 0.717) is 6.54 Å². The zero-order chi connectivity index (χ0) is 12.9. The molecule has 0 saturated heterocycles. The number of aliphatic hydroxyl groups is 1. The van der Waals surface area contributed by atoms with E-state index < -0.39 is 6.23 Å². The Morgan fingerprint density at radius 2 is 2.06 bits per heavy atom. The van der Waals surface area contributed by atoms with Gasteiger partial charge in [-0.15, -0.1) is 0 Å². The molecule has 0 saturated carbocycles. The zero-order valence-electron chi connectivity index (χ0n) is 11.0. The predicted molar refractivity (Wildman–Crippen MR) is 73.1 cm³/mol. The minimum Gasteiger partial charge on any atom is -0.374 e. The topological polar surface area (TPSA) is 58.3 Å². The average Bonchev–Trinajstić information content (AvgIpc) is 2.31. The van der Waals surface area contributed by atoms with Crippen molar-refractivity contribution in [2.45, 2.75) is 45.3 Å². The summed E-state index contributed by atoms with van der Waals surface area (Å²) in [5.41, 5.74) is 7.94. The summed E-state index contributed by atoms with van der Waals surface area (Å²) in [5, 5.41) is 12.9. The fourth-order valence-corrected chi connectivity index (χ4v) is 2.46. The number of rotatable bonds is 2. The lowest BCUT2D eigenvalue weighted by Gasteiger charge is -2.39. The van der Waals surface area contributed by atoms with Crippen LogP contribution in [0.4, 0.5) is 5.69 Å². The largest absolute Gasteiger partial charge is 0.374 e. The van der Waals surface area contributed by atoms with Crippen LogP contribution in [0, 0.1) is 0 Å². The number of hydrogen-bond donors (Lipinski definition) is 3. The third kappa shape index (κ3) is 2.99. The number of benzene rings is 1. The van der Waals surface area contributed by atoms with E-state index in [0.717, 1.165) is 18.5 Å². The van der Waals surface area contributed by atoms with Crippen molar-refractivity contribution < 1.29 is 5.11 Å². The van der Waals surface area contributed by atoms with Crippen LogP contribution < -0.4 is 11.1 Å². The van der Waals surface area contributed by atoms with E-state index in [1.165, 1.54) is 5.56 Å². The summed E-state index contributed by atoms with van der Waals surface area (Å²) >= 11 is 0. The molecule has 1 heterocycles. The Balaban J connectivity index is 0.000000686. The van der Waals surface area contributed by atoms with E-state index in [1.54, 1.807) is 0 Å². The van der Waals surface area contributed by atoms with Gasteiger partial charge in [-0.3, -0.25) is 0 Å². The van der Waals surface area contributed by atoms with Gasteiger partial charge in [0.1, 0.15) is 6.23 Å². The van der Waals surface area contributed by atoms with Gasteiger partial charge in [-0.05, 0) is 30.0 Å². The maximum absolute atomic E-state index is 9.77. The molecular weight excluding hydrogens is 212 g/mol. The molecule has 0 spiro atoms. The van der Waals surface area contributed by atoms with Crippen molar-refractivity contribution in [1.29, 1.82) is 0 Å². The third-order valence-corrected chi connectivity index (χ3v) is 3.24. The summed E-state index contributed by atoms with van der Waals surface area (Å²) in [6, 6.07) is 8.13. The molecule has 2 atom stereocenters. The number of para-hydroxylation sites is 1. The molecular formula is C14H24N2O. The van der Waals surface area contributed by atoms with E-state index in [1.807, 2.05) is 32.0 Å². The Morgan fingerprint density at radius 1 is 1.41 bits per heavy atom. The van der Waals surface area contributed by atoms with Crippen LogP contribution in [-0.2, 0) is 5.41 Å². The molecule has 1 aliphatic rings. The quantitative estimate of drug-likeness (QED) is 0.739. The molecule has 96 valence electrons. The molecule has 2 rings (SSSR count). The van der Waals surface area contributed by atoms with Crippen LogP contribution in [0.15, 0.2) is 24.3 Å². The lowest BCUT2D eigenvalue weighted by molar-refractivity contribution is 0.149. The predicted octanol–water partition coefficient (Wildman–Crippen LogP) is 2.45. The zero-order valence-corrected chi connectivity index (χ0v) is 11.0. The maximum Gasteiger partial charge on any atom is 0.125 e. The molecule has 0 aliphatic carbocycles. The molecule has 4 N–H and O–H groups in total. The highest BCUT2D eigenvalue weighted by Crippen LogP contribution is 2.40. The maximum atomic E-state index is 9.77. The molecule has 0 bridgehead atoms. The van der Waals surface area contributed by atoms with Crippen LogP contribution in [0.3, 0.4) is 0 Å². The van der Waals surface area contributed by atoms with Crippen molar-refractivity contribution in [1.82, 2.24) is 0 Å². The summed E-state index contributed by atoms with van der Waals surface area (Å²) in [6.07, 6.45) is 1.17. The lowest BCUT2D eigenvalue weighted by atomic mass is 9.73. The molecule has 0 fully saturated rings. The highest BCUT2D eigenvalue weighted by atomic mass is 16.3. The molecule has 3 nitrogen and oxygen atoms in total. The SMILES string of the molecule is CC.CC1(CCN)CC(O)Nc2ccccc21. The van der Waals surface area contributed by atoms with E-state index >= 15 is 0 Å². The van der Waals surface area contributed by atoms with Crippen LogP contribution in [0.2, 0.25) is 0 Å². The van der Waals surface area contributed by atoms with Crippen LogP contribution in [-0.4, -0.2) is 17.9 Å². The number of nitrogens with one attached hydrogen (secondary N) is 1. The standard InChI is InChI=1S/C12H18N2O.C2H6/c1-12(6-7-13)8-11(15)14-10-5-3-2-4-9(10)12;1-2/h2-5,11,14-15H,6-8,13H2,1H3;1-2H3. The van der Waals surface area contributed by atoms with Gasteiger partial charge < -0.3 is 16.2 Å². The van der Waals surface area contributed by atoms with Gasteiger partial charge >= 0.3 is 0 Å². The Morgan fingerprint density at radius 3 is 2.71 bits per heavy atom. The number of hydrogen-bond acceptors (Lipinski definition) is 3. The smallest absolute Gasteiger partial charge is 0.125 e. The Kier molecular flexibility index (Phi) is 4.97. The second-order valence-corrected chi connectivity index (χ2v) is 4.51. The van der Waals surface area contributed by atoms with Gasteiger partial charge in [0.2, 0.25) is 0 Å². The Labute approximate surface area is 104 Å². The summed E-state index contributed by atoms with van der Waals surface area (Å²) in [6.45, 7) is 6.82. The van der Waals surface area contributed by atoms with Crippen LogP contribution in [0.25, 0.3) is 0 Å². The second-order valence-electron chi connectivity index (χ2n) is 4.51. The molecule has 1 aromatic carbocycles. The van der Waals surface area contributed by atoms with Crippen molar-refractivity contribution in [3.05, 3.63) is 29.8 Å². The normalized spacial score (nSPS) is 26.3. The molecule has 3 heteroatoms. The van der Waals surface area contributed by atoms with E-state index in [4.69, 9.17) is 5.73 Å². The van der Waals surface area contributed by atoms with Crippen molar-refractivity contribution in [2.75, 3.05) is 11.9 Å². The summed E-state index contributed by atoms with van der Waals surface area (Å²) < 4.78 is 0. The van der Waals surface area contributed by atoms with Crippen LogP contribution in [0.1, 0.15) is 39.2 Å². The highest BCUT2D eigenvalue weighted by molar-refractivity contribution is 5.57.